The molecule has 3 heteroatoms. The maximum absolute atomic E-state index is 11.8. The fourth-order valence-corrected chi connectivity index (χ4v) is 2.11. The van der Waals surface area contributed by atoms with Gasteiger partial charge in [0.15, 0.2) is 5.78 Å². The van der Waals surface area contributed by atoms with Crippen molar-refractivity contribution >= 4 is 28.4 Å². The van der Waals surface area contributed by atoms with E-state index < -0.39 is 0 Å². The first-order valence-electron chi connectivity index (χ1n) is 6.20. The number of halogens is 1. The standard InChI is InChI=1S/C16H15IO2/c1-2-15(18)14-5-3-4-6-16(14)19-11-12-7-9-13(17)10-8-12/h3-10H,2,11H2,1H3. The summed E-state index contributed by atoms with van der Waals surface area (Å²) in [5.74, 6) is 0.770. The van der Waals surface area contributed by atoms with Crippen molar-refractivity contribution in [3.63, 3.8) is 0 Å². The van der Waals surface area contributed by atoms with Gasteiger partial charge in [-0.05, 0) is 52.4 Å². The molecule has 0 aliphatic heterocycles. The number of carbonyl (C=O) groups excluding carboxylic acids is 1. The van der Waals surface area contributed by atoms with Crippen LogP contribution in [-0.2, 0) is 6.61 Å². The molecule has 0 heterocycles. The van der Waals surface area contributed by atoms with E-state index in [0.717, 1.165) is 5.56 Å². The fourth-order valence-electron chi connectivity index (χ4n) is 1.76. The van der Waals surface area contributed by atoms with E-state index in [2.05, 4.69) is 22.6 Å². The number of rotatable bonds is 5. The summed E-state index contributed by atoms with van der Waals surface area (Å²) in [6.07, 6.45) is 0.490. The second kappa shape index (κ2) is 6.70. The summed E-state index contributed by atoms with van der Waals surface area (Å²) in [5.41, 5.74) is 1.76. The zero-order chi connectivity index (χ0) is 13.7. The number of hydrogen-bond acceptors (Lipinski definition) is 2. The minimum Gasteiger partial charge on any atom is -0.488 e. The molecular formula is C16H15IO2. The lowest BCUT2D eigenvalue weighted by Gasteiger charge is -2.10. The van der Waals surface area contributed by atoms with Crippen molar-refractivity contribution in [3.05, 3.63) is 63.2 Å². The molecule has 0 atom stereocenters. The van der Waals surface area contributed by atoms with Crippen LogP contribution in [0, 0.1) is 3.57 Å². The fraction of sp³-hybridized carbons (Fsp3) is 0.188. The molecular weight excluding hydrogens is 351 g/mol. The third-order valence-electron chi connectivity index (χ3n) is 2.82. The molecule has 0 bridgehead atoms. The number of para-hydroxylation sites is 1. The molecule has 2 nitrogen and oxygen atoms in total. The van der Waals surface area contributed by atoms with Gasteiger partial charge in [0.25, 0.3) is 0 Å². The summed E-state index contributed by atoms with van der Waals surface area (Å²) < 4.78 is 6.96. The van der Waals surface area contributed by atoms with Crippen molar-refractivity contribution in [2.75, 3.05) is 0 Å². The Kier molecular flexibility index (Phi) is 4.96. The molecule has 0 fully saturated rings. The number of benzene rings is 2. The van der Waals surface area contributed by atoms with Crippen LogP contribution in [0.5, 0.6) is 5.75 Å². The topological polar surface area (TPSA) is 26.3 Å². The molecule has 0 aromatic heterocycles. The van der Waals surface area contributed by atoms with Gasteiger partial charge in [-0.15, -0.1) is 0 Å². The van der Waals surface area contributed by atoms with Gasteiger partial charge in [-0.1, -0.05) is 31.2 Å². The molecule has 19 heavy (non-hydrogen) atoms. The number of ketones is 1. The normalized spacial score (nSPS) is 10.2. The number of Topliss-reactive ketones (excluding diaryl/α,β-unsaturated/α-hetero) is 1. The minimum atomic E-state index is 0.109. The van der Waals surface area contributed by atoms with E-state index in [1.165, 1.54) is 3.57 Å². The average Bonchev–Trinajstić information content (AvgIpc) is 2.46. The van der Waals surface area contributed by atoms with Crippen molar-refractivity contribution < 1.29 is 9.53 Å². The smallest absolute Gasteiger partial charge is 0.166 e. The number of ether oxygens (including phenoxy) is 1. The molecule has 2 aromatic rings. The highest BCUT2D eigenvalue weighted by Crippen LogP contribution is 2.21. The SMILES string of the molecule is CCC(=O)c1ccccc1OCc1ccc(I)cc1. The van der Waals surface area contributed by atoms with Gasteiger partial charge < -0.3 is 4.74 Å². The van der Waals surface area contributed by atoms with Crippen molar-refractivity contribution in [3.8, 4) is 5.75 Å². The molecule has 0 unspecified atom stereocenters. The number of hydrogen-bond donors (Lipinski definition) is 0. The summed E-state index contributed by atoms with van der Waals surface area (Å²) >= 11 is 2.27. The van der Waals surface area contributed by atoms with Gasteiger partial charge in [-0.2, -0.15) is 0 Å². The molecule has 0 amide bonds. The van der Waals surface area contributed by atoms with Gasteiger partial charge >= 0.3 is 0 Å². The zero-order valence-electron chi connectivity index (χ0n) is 10.7. The quantitative estimate of drug-likeness (QED) is 0.577. The first-order chi connectivity index (χ1) is 9.20. The Hall–Kier alpha value is -1.36. The molecule has 0 saturated heterocycles. The van der Waals surface area contributed by atoms with Crippen LogP contribution in [0.1, 0.15) is 29.3 Å². The molecule has 98 valence electrons. The molecule has 0 saturated carbocycles. The summed E-state index contributed by atoms with van der Waals surface area (Å²) in [6, 6.07) is 15.6. The van der Waals surface area contributed by atoms with Crippen LogP contribution >= 0.6 is 22.6 Å². The summed E-state index contributed by atoms with van der Waals surface area (Å²) in [5, 5.41) is 0. The van der Waals surface area contributed by atoms with Crippen molar-refractivity contribution in [2.24, 2.45) is 0 Å². The second-order valence-electron chi connectivity index (χ2n) is 4.19. The highest BCUT2D eigenvalue weighted by atomic mass is 127. The van der Waals surface area contributed by atoms with Crippen LogP contribution in [0.4, 0.5) is 0 Å². The first-order valence-corrected chi connectivity index (χ1v) is 7.28. The summed E-state index contributed by atoms with van der Waals surface area (Å²) in [4.78, 5) is 11.8. The third-order valence-corrected chi connectivity index (χ3v) is 3.54. The van der Waals surface area contributed by atoms with Gasteiger partial charge in [0.2, 0.25) is 0 Å². The van der Waals surface area contributed by atoms with Crippen molar-refractivity contribution in [1.82, 2.24) is 0 Å². The van der Waals surface area contributed by atoms with E-state index in [1.807, 2.05) is 55.5 Å². The van der Waals surface area contributed by atoms with Crippen molar-refractivity contribution in [1.29, 1.82) is 0 Å². The van der Waals surface area contributed by atoms with Gasteiger partial charge in [0.1, 0.15) is 12.4 Å². The van der Waals surface area contributed by atoms with Gasteiger partial charge in [0.05, 0.1) is 5.56 Å². The molecule has 0 aliphatic carbocycles. The average molecular weight is 366 g/mol. The summed E-state index contributed by atoms with van der Waals surface area (Å²) in [6.45, 7) is 2.34. The zero-order valence-corrected chi connectivity index (χ0v) is 12.9. The predicted octanol–water partition coefficient (Wildman–Crippen LogP) is 4.46. The highest BCUT2D eigenvalue weighted by Gasteiger charge is 2.09. The minimum absolute atomic E-state index is 0.109. The molecule has 0 radical (unpaired) electrons. The number of carbonyl (C=O) groups is 1. The summed E-state index contributed by atoms with van der Waals surface area (Å²) in [7, 11) is 0. The van der Waals surface area contributed by atoms with Crippen LogP contribution in [0.2, 0.25) is 0 Å². The first kappa shape index (κ1) is 14.1. The van der Waals surface area contributed by atoms with Gasteiger partial charge in [0, 0.05) is 9.99 Å². The van der Waals surface area contributed by atoms with Gasteiger partial charge in [-0.25, -0.2) is 0 Å². The Bertz CT molecular complexity index is 561. The molecule has 2 rings (SSSR count). The Balaban J connectivity index is 2.11. The largest absolute Gasteiger partial charge is 0.488 e. The second-order valence-corrected chi connectivity index (χ2v) is 5.43. The Morgan fingerprint density at radius 2 is 1.79 bits per heavy atom. The Morgan fingerprint density at radius 1 is 1.11 bits per heavy atom. The van der Waals surface area contributed by atoms with Crippen LogP contribution in [-0.4, -0.2) is 5.78 Å². The van der Waals surface area contributed by atoms with E-state index in [4.69, 9.17) is 4.74 Å². The van der Waals surface area contributed by atoms with E-state index in [0.29, 0.717) is 24.3 Å². The highest BCUT2D eigenvalue weighted by molar-refractivity contribution is 14.1. The molecule has 0 aliphatic rings. The van der Waals surface area contributed by atoms with Crippen molar-refractivity contribution in [2.45, 2.75) is 20.0 Å². The lowest BCUT2D eigenvalue weighted by molar-refractivity contribution is 0.0983. The van der Waals surface area contributed by atoms with Crippen LogP contribution in [0.15, 0.2) is 48.5 Å². The Morgan fingerprint density at radius 3 is 2.47 bits per heavy atom. The van der Waals surface area contributed by atoms with E-state index in [9.17, 15) is 4.79 Å². The lowest BCUT2D eigenvalue weighted by atomic mass is 10.1. The lowest BCUT2D eigenvalue weighted by Crippen LogP contribution is -2.03. The Labute approximate surface area is 126 Å². The third kappa shape index (κ3) is 3.80. The molecule has 0 spiro atoms. The molecule has 2 aromatic carbocycles. The van der Waals surface area contributed by atoms with Crippen LogP contribution in [0.3, 0.4) is 0 Å². The van der Waals surface area contributed by atoms with E-state index >= 15 is 0 Å². The van der Waals surface area contributed by atoms with E-state index in [-0.39, 0.29) is 5.78 Å². The van der Waals surface area contributed by atoms with E-state index in [1.54, 1.807) is 0 Å². The van der Waals surface area contributed by atoms with Gasteiger partial charge in [-0.3, -0.25) is 4.79 Å². The maximum Gasteiger partial charge on any atom is 0.166 e. The maximum atomic E-state index is 11.8. The predicted molar refractivity (Wildman–Crippen MR) is 84.6 cm³/mol. The van der Waals surface area contributed by atoms with Crippen LogP contribution < -0.4 is 4.74 Å². The molecule has 0 N–H and O–H groups in total. The van der Waals surface area contributed by atoms with Crippen LogP contribution in [0.25, 0.3) is 0 Å². The monoisotopic (exact) mass is 366 g/mol.